The Balaban J connectivity index is 1.41. The van der Waals surface area contributed by atoms with Gasteiger partial charge in [0.15, 0.2) is 5.52 Å². The Kier molecular flexibility index (Phi) is 4.72. The van der Waals surface area contributed by atoms with Crippen LogP contribution >= 0.6 is 0 Å². The molecule has 1 aromatic carbocycles. The molecule has 5 rings (SSSR count). The number of likely N-dealkylation sites (tertiary alicyclic amines) is 1. The Morgan fingerprint density at radius 2 is 1.82 bits per heavy atom. The van der Waals surface area contributed by atoms with Gasteiger partial charge in [0.2, 0.25) is 0 Å². The average molecular weight is 377 g/mol. The lowest BCUT2D eigenvalue weighted by atomic mass is 9.83. The normalized spacial score (nSPS) is 21.5. The molecule has 0 N–H and O–H groups in total. The Labute approximate surface area is 164 Å². The third-order valence-corrected chi connectivity index (χ3v) is 6.46. The van der Waals surface area contributed by atoms with Crippen LogP contribution in [0.1, 0.15) is 44.9 Å². The molecule has 1 aliphatic carbocycles. The van der Waals surface area contributed by atoms with Crippen LogP contribution in [0.3, 0.4) is 0 Å². The van der Waals surface area contributed by atoms with Gasteiger partial charge in [-0.15, -0.1) is 0 Å². The highest BCUT2D eigenvalue weighted by atomic mass is 16.1. The van der Waals surface area contributed by atoms with Gasteiger partial charge in [-0.2, -0.15) is 10.2 Å². The van der Waals surface area contributed by atoms with Crippen LogP contribution in [-0.2, 0) is 6.67 Å². The van der Waals surface area contributed by atoms with Crippen molar-refractivity contribution in [2.75, 3.05) is 6.54 Å². The predicted molar refractivity (Wildman–Crippen MR) is 109 cm³/mol. The molecule has 1 atom stereocenters. The summed E-state index contributed by atoms with van der Waals surface area (Å²) in [5, 5.41) is 9.80. The van der Waals surface area contributed by atoms with Crippen LogP contribution in [0, 0.1) is 5.92 Å². The molecule has 0 spiro atoms. The van der Waals surface area contributed by atoms with Gasteiger partial charge in [-0.3, -0.25) is 9.69 Å². The second kappa shape index (κ2) is 7.51. The molecule has 2 aliphatic rings. The minimum absolute atomic E-state index is 0.0959. The third kappa shape index (κ3) is 3.26. The first-order chi connectivity index (χ1) is 13.8. The highest BCUT2D eigenvalue weighted by molar-refractivity contribution is 5.76. The van der Waals surface area contributed by atoms with Gasteiger partial charge in [0.05, 0.1) is 18.6 Å². The average Bonchev–Trinajstić information content (AvgIpc) is 3.39. The van der Waals surface area contributed by atoms with Gasteiger partial charge in [0.25, 0.3) is 5.56 Å². The van der Waals surface area contributed by atoms with E-state index in [0.717, 1.165) is 23.5 Å². The number of para-hydroxylation sites is 1. The smallest absolute Gasteiger partial charge is 0.281 e. The first-order valence-electron chi connectivity index (χ1n) is 10.5. The Hall–Kier alpha value is -2.47. The van der Waals surface area contributed by atoms with E-state index in [-0.39, 0.29) is 5.56 Å². The number of hydrogen-bond acceptors (Lipinski definition) is 4. The second-order valence-corrected chi connectivity index (χ2v) is 8.22. The van der Waals surface area contributed by atoms with Gasteiger partial charge in [-0.25, -0.2) is 9.36 Å². The van der Waals surface area contributed by atoms with Crippen LogP contribution < -0.4 is 5.56 Å². The first-order valence-corrected chi connectivity index (χ1v) is 10.5. The molecule has 0 bridgehead atoms. The van der Waals surface area contributed by atoms with E-state index in [9.17, 15) is 4.79 Å². The Morgan fingerprint density at radius 3 is 2.64 bits per heavy atom. The fraction of sp³-hybridized carbons (Fsp3) is 0.500. The number of aromatic nitrogens is 4. The highest BCUT2D eigenvalue weighted by Gasteiger charge is 2.32. The predicted octanol–water partition coefficient (Wildman–Crippen LogP) is 3.58. The second-order valence-electron chi connectivity index (χ2n) is 8.22. The summed E-state index contributed by atoms with van der Waals surface area (Å²) in [4.78, 5) is 15.5. The molecule has 1 saturated heterocycles. The zero-order valence-corrected chi connectivity index (χ0v) is 16.2. The third-order valence-electron chi connectivity index (χ3n) is 6.46. The number of benzene rings is 1. The molecule has 28 heavy (non-hydrogen) atoms. The van der Waals surface area contributed by atoms with E-state index in [0.29, 0.717) is 18.2 Å². The molecule has 3 aromatic rings. The van der Waals surface area contributed by atoms with E-state index in [1.165, 1.54) is 44.9 Å². The van der Waals surface area contributed by atoms with Crippen molar-refractivity contribution < 1.29 is 0 Å². The molecule has 3 heterocycles. The van der Waals surface area contributed by atoms with Crippen LogP contribution in [0.4, 0.5) is 0 Å². The van der Waals surface area contributed by atoms with E-state index in [2.05, 4.69) is 15.1 Å². The summed E-state index contributed by atoms with van der Waals surface area (Å²) in [6.07, 6.45) is 12.9. The molecule has 1 saturated carbocycles. The lowest BCUT2D eigenvalue weighted by Gasteiger charge is -2.33. The summed E-state index contributed by atoms with van der Waals surface area (Å²) >= 11 is 0. The van der Waals surface area contributed by atoms with Gasteiger partial charge in [0.1, 0.15) is 0 Å². The van der Waals surface area contributed by atoms with Gasteiger partial charge < -0.3 is 0 Å². The van der Waals surface area contributed by atoms with Crippen molar-refractivity contribution >= 4 is 10.9 Å². The monoisotopic (exact) mass is 377 g/mol. The van der Waals surface area contributed by atoms with Crippen molar-refractivity contribution in [2.24, 2.45) is 5.92 Å². The molecule has 0 radical (unpaired) electrons. The van der Waals surface area contributed by atoms with Crippen molar-refractivity contribution in [3.63, 3.8) is 0 Å². The maximum absolute atomic E-state index is 13.0. The van der Waals surface area contributed by atoms with Gasteiger partial charge in [0, 0.05) is 24.2 Å². The quantitative estimate of drug-likeness (QED) is 0.697. The van der Waals surface area contributed by atoms with Crippen LogP contribution in [0.5, 0.6) is 0 Å². The summed E-state index contributed by atoms with van der Waals surface area (Å²) in [6, 6.07) is 10.5. The highest BCUT2D eigenvalue weighted by Crippen LogP contribution is 2.34. The SMILES string of the molecule is O=c1c2nn(-c3ccccc3)cc2cnn1CN1CCC[C@@H]1C1CCCCC1. The minimum Gasteiger partial charge on any atom is -0.281 e. The van der Waals surface area contributed by atoms with E-state index >= 15 is 0 Å². The van der Waals surface area contributed by atoms with Crippen LogP contribution in [-0.4, -0.2) is 37.0 Å². The lowest BCUT2D eigenvalue weighted by Crippen LogP contribution is -2.40. The molecule has 6 heteroatoms. The number of fused-ring (bicyclic) bond motifs is 1. The maximum atomic E-state index is 13.0. The van der Waals surface area contributed by atoms with Crippen molar-refractivity contribution in [3.8, 4) is 5.69 Å². The molecule has 146 valence electrons. The number of rotatable bonds is 4. The molecule has 1 aliphatic heterocycles. The molecule has 2 aromatic heterocycles. The Bertz CT molecular complexity index is 1000. The van der Waals surface area contributed by atoms with Gasteiger partial charge in [-0.05, 0) is 43.7 Å². The summed E-state index contributed by atoms with van der Waals surface area (Å²) in [7, 11) is 0. The van der Waals surface area contributed by atoms with Gasteiger partial charge >= 0.3 is 0 Å². The fourth-order valence-corrected chi connectivity index (χ4v) is 5.02. The standard InChI is InChI=1S/C22H27N5O/c28-22-21-18(15-26(24-21)19-10-5-2-6-11-19)14-23-27(22)16-25-13-7-12-20(25)17-8-3-1-4-9-17/h2,5-6,10-11,14-15,17,20H,1,3-4,7-9,12-13,16H2/t20-/m1/s1. The molecular formula is C22H27N5O. The van der Waals surface area contributed by atoms with E-state index in [4.69, 9.17) is 0 Å². The van der Waals surface area contributed by atoms with Crippen molar-refractivity contribution in [1.82, 2.24) is 24.5 Å². The maximum Gasteiger partial charge on any atom is 0.296 e. The minimum atomic E-state index is -0.0959. The van der Waals surface area contributed by atoms with E-state index in [1.54, 1.807) is 15.6 Å². The zero-order chi connectivity index (χ0) is 18.9. The van der Waals surface area contributed by atoms with Crippen LogP contribution in [0.25, 0.3) is 16.6 Å². The van der Waals surface area contributed by atoms with Crippen molar-refractivity contribution in [1.29, 1.82) is 0 Å². The molecule has 2 fully saturated rings. The largest absolute Gasteiger partial charge is 0.296 e. The molecule has 0 unspecified atom stereocenters. The van der Waals surface area contributed by atoms with E-state index in [1.807, 2.05) is 36.5 Å². The molecular weight excluding hydrogens is 350 g/mol. The zero-order valence-electron chi connectivity index (χ0n) is 16.2. The summed E-state index contributed by atoms with van der Waals surface area (Å²) in [5.74, 6) is 0.785. The fourth-order valence-electron chi connectivity index (χ4n) is 5.02. The van der Waals surface area contributed by atoms with Crippen molar-refractivity contribution in [3.05, 3.63) is 53.1 Å². The van der Waals surface area contributed by atoms with Crippen molar-refractivity contribution in [2.45, 2.75) is 57.7 Å². The number of nitrogens with zero attached hydrogens (tertiary/aromatic N) is 5. The summed E-state index contributed by atoms with van der Waals surface area (Å²) in [6.45, 7) is 1.64. The number of hydrogen-bond donors (Lipinski definition) is 0. The van der Waals surface area contributed by atoms with Gasteiger partial charge in [-0.1, -0.05) is 37.5 Å². The summed E-state index contributed by atoms with van der Waals surface area (Å²) < 4.78 is 3.37. The van der Waals surface area contributed by atoms with E-state index < -0.39 is 0 Å². The molecule has 0 amide bonds. The van der Waals surface area contributed by atoms with Crippen LogP contribution in [0.15, 0.2) is 47.5 Å². The summed E-state index contributed by atoms with van der Waals surface area (Å²) in [5.41, 5.74) is 1.34. The lowest BCUT2D eigenvalue weighted by molar-refractivity contribution is 0.119. The topological polar surface area (TPSA) is 56.0 Å². The first kappa shape index (κ1) is 17.6. The molecule has 6 nitrogen and oxygen atoms in total. The Morgan fingerprint density at radius 1 is 1.00 bits per heavy atom. The van der Waals surface area contributed by atoms with Crippen LogP contribution in [0.2, 0.25) is 0 Å².